The van der Waals surface area contributed by atoms with Crippen LogP contribution >= 0.6 is 0 Å². The van der Waals surface area contributed by atoms with E-state index in [0.717, 1.165) is 17.2 Å². The molecule has 2 rings (SSSR count). The van der Waals surface area contributed by atoms with Crippen molar-refractivity contribution in [2.45, 2.75) is 6.92 Å². The van der Waals surface area contributed by atoms with Gasteiger partial charge < -0.3 is 14.9 Å². The molecule has 5 nitrogen and oxygen atoms in total. The minimum absolute atomic E-state index is 0.512. The van der Waals surface area contributed by atoms with E-state index in [-0.39, 0.29) is 0 Å². The van der Waals surface area contributed by atoms with Crippen molar-refractivity contribution in [3.63, 3.8) is 0 Å². The van der Waals surface area contributed by atoms with Crippen LogP contribution in [0.2, 0.25) is 0 Å². The van der Waals surface area contributed by atoms with E-state index < -0.39 is 11.7 Å². The quantitative estimate of drug-likeness (QED) is 0.671. The minimum Gasteiger partial charge on any atom is -0.497 e. The second-order valence-electron chi connectivity index (χ2n) is 4.07. The highest BCUT2D eigenvalue weighted by Crippen LogP contribution is 2.27. The van der Waals surface area contributed by atoms with Crippen molar-refractivity contribution in [2.24, 2.45) is 5.73 Å². The smallest absolute Gasteiger partial charge is 0.289 e. The number of primary amides is 1. The van der Waals surface area contributed by atoms with Crippen LogP contribution in [0.15, 0.2) is 34.8 Å². The first-order valence-corrected chi connectivity index (χ1v) is 5.61. The summed E-state index contributed by atoms with van der Waals surface area (Å²) in [4.78, 5) is 21.9. The van der Waals surface area contributed by atoms with Crippen LogP contribution in [0.3, 0.4) is 0 Å². The van der Waals surface area contributed by atoms with Gasteiger partial charge in [0.2, 0.25) is 5.78 Å². The molecule has 2 aromatic rings. The highest BCUT2D eigenvalue weighted by Gasteiger charge is 2.10. The van der Waals surface area contributed by atoms with E-state index in [9.17, 15) is 9.59 Å². The van der Waals surface area contributed by atoms with Gasteiger partial charge in [-0.2, -0.15) is 0 Å². The van der Waals surface area contributed by atoms with Gasteiger partial charge in [-0.3, -0.25) is 9.59 Å². The Morgan fingerprint density at radius 1 is 1.32 bits per heavy atom. The van der Waals surface area contributed by atoms with Gasteiger partial charge in [-0.25, -0.2) is 0 Å². The Kier molecular flexibility index (Phi) is 3.37. The summed E-state index contributed by atoms with van der Waals surface area (Å²) in [6.07, 6.45) is 1.16. The summed E-state index contributed by atoms with van der Waals surface area (Å²) in [5.41, 5.74) is 6.11. The number of amides is 1. The molecule has 0 aliphatic carbocycles. The van der Waals surface area contributed by atoms with Crippen molar-refractivity contribution in [2.75, 3.05) is 7.11 Å². The van der Waals surface area contributed by atoms with Gasteiger partial charge >= 0.3 is 0 Å². The van der Waals surface area contributed by atoms with Gasteiger partial charge in [-0.05, 0) is 42.8 Å². The van der Waals surface area contributed by atoms with Gasteiger partial charge in [-0.1, -0.05) is 0 Å². The number of hydrogen-bond donors (Lipinski definition) is 1. The molecular weight excluding hydrogens is 246 g/mol. The number of furan rings is 1. The number of rotatable bonds is 4. The van der Waals surface area contributed by atoms with Crippen LogP contribution in [-0.2, 0) is 9.59 Å². The van der Waals surface area contributed by atoms with Gasteiger partial charge in [0.15, 0.2) is 0 Å². The van der Waals surface area contributed by atoms with Crippen molar-refractivity contribution in [1.29, 1.82) is 0 Å². The predicted octanol–water partition coefficient (Wildman–Crippen LogP) is 1.90. The molecule has 0 spiro atoms. The Labute approximate surface area is 109 Å². The Balaban J connectivity index is 2.40. The molecule has 1 aromatic heterocycles. The van der Waals surface area contributed by atoms with Crippen LogP contribution in [0.25, 0.3) is 16.5 Å². The number of hydrogen-bond acceptors (Lipinski definition) is 4. The molecule has 0 unspecified atom stereocenters. The third-order valence-electron chi connectivity index (χ3n) is 2.70. The van der Waals surface area contributed by atoms with Crippen LogP contribution in [0.1, 0.15) is 12.7 Å². The summed E-state index contributed by atoms with van der Waals surface area (Å²) in [7, 11) is 1.58. The van der Waals surface area contributed by atoms with E-state index in [1.54, 1.807) is 32.2 Å². The van der Waals surface area contributed by atoms with Gasteiger partial charge in [0.05, 0.1) is 7.11 Å². The van der Waals surface area contributed by atoms with E-state index in [4.69, 9.17) is 14.9 Å². The zero-order chi connectivity index (χ0) is 14.0. The summed E-state index contributed by atoms with van der Waals surface area (Å²) in [6.45, 7) is 1.68. The molecule has 0 saturated heterocycles. The molecule has 0 fully saturated rings. The zero-order valence-electron chi connectivity index (χ0n) is 10.6. The maximum atomic E-state index is 11.2. The Hall–Kier alpha value is -2.56. The van der Waals surface area contributed by atoms with Crippen molar-refractivity contribution in [3.05, 3.63) is 36.1 Å². The fraction of sp³-hybridized carbons (Fsp3) is 0.143. The molecular formula is C14H13NO4. The van der Waals surface area contributed by atoms with Crippen molar-refractivity contribution >= 4 is 28.2 Å². The summed E-state index contributed by atoms with van der Waals surface area (Å²) in [5.74, 6) is -0.514. The van der Waals surface area contributed by atoms with E-state index in [0.29, 0.717) is 16.9 Å². The number of fused-ring (bicyclic) bond motifs is 1. The lowest BCUT2D eigenvalue weighted by atomic mass is 10.1. The third kappa shape index (κ3) is 2.65. The second-order valence-corrected chi connectivity index (χ2v) is 4.07. The number of carbonyl (C=O) groups excluding carboxylic acids is 2. The molecule has 0 aliphatic heterocycles. The topological polar surface area (TPSA) is 82.5 Å². The van der Waals surface area contributed by atoms with Gasteiger partial charge in [0.1, 0.15) is 17.1 Å². The Morgan fingerprint density at radius 3 is 2.68 bits per heavy atom. The lowest BCUT2D eigenvalue weighted by molar-refractivity contribution is -0.133. The molecule has 1 amide bonds. The summed E-state index contributed by atoms with van der Waals surface area (Å²) >= 11 is 0. The molecule has 0 aliphatic rings. The number of ether oxygens (including phenoxy) is 1. The summed E-state index contributed by atoms with van der Waals surface area (Å²) in [5, 5.41) is 0.855. The lowest BCUT2D eigenvalue weighted by Gasteiger charge is -1.96. The number of nitrogens with two attached hydrogens (primary N) is 1. The minimum atomic E-state index is -0.989. The fourth-order valence-corrected chi connectivity index (χ4v) is 1.68. The van der Waals surface area contributed by atoms with E-state index in [2.05, 4.69) is 0 Å². The SMILES string of the molecule is COc1ccc2oc(/C(C)=C/C(=O)C(N)=O)cc2c1. The van der Waals surface area contributed by atoms with Crippen molar-refractivity contribution < 1.29 is 18.7 Å². The van der Waals surface area contributed by atoms with Crippen molar-refractivity contribution in [3.8, 4) is 5.75 Å². The molecule has 5 heteroatoms. The highest BCUT2D eigenvalue weighted by atomic mass is 16.5. The van der Waals surface area contributed by atoms with Crippen LogP contribution < -0.4 is 10.5 Å². The fourth-order valence-electron chi connectivity index (χ4n) is 1.68. The van der Waals surface area contributed by atoms with Crippen LogP contribution in [-0.4, -0.2) is 18.8 Å². The molecule has 0 bridgehead atoms. The monoisotopic (exact) mass is 259 g/mol. The van der Waals surface area contributed by atoms with E-state index >= 15 is 0 Å². The molecule has 0 atom stereocenters. The van der Waals surface area contributed by atoms with Crippen molar-refractivity contribution in [1.82, 2.24) is 0 Å². The van der Waals surface area contributed by atoms with Crippen LogP contribution in [0, 0.1) is 0 Å². The predicted molar refractivity (Wildman–Crippen MR) is 70.6 cm³/mol. The first kappa shape index (κ1) is 12.9. The Morgan fingerprint density at radius 2 is 2.05 bits per heavy atom. The largest absolute Gasteiger partial charge is 0.497 e. The molecule has 19 heavy (non-hydrogen) atoms. The first-order valence-electron chi connectivity index (χ1n) is 5.61. The summed E-state index contributed by atoms with van der Waals surface area (Å²) in [6, 6.07) is 7.16. The third-order valence-corrected chi connectivity index (χ3v) is 2.70. The van der Waals surface area contributed by atoms with Gasteiger partial charge in [-0.15, -0.1) is 0 Å². The summed E-state index contributed by atoms with van der Waals surface area (Å²) < 4.78 is 10.7. The average molecular weight is 259 g/mol. The number of benzene rings is 1. The first-order chi connectivity index (χ1) is 9.01. The van der Waals surface area contributed by atoms with Gasteiger partial charge in [0, 0.05) is 5.39 Å². The van der Waals surface area contributed by atoms with E-state index in [1.165, 1.54) is 0 Å². The standard InChI is InChI=1S/C14H13NO4/c1-8(5-11(16)14(15)17)13-7-9-6-10(18-2)3-4-12(9)19-13/h3-7H,1-2H3,(H2,15,17)/b8-5+. The van der Waals surface area contributed by atoms with Gasteiger partial charge in [0.25, 0.3) is 5.91 Å². The normalized spacial score (nSPS) is 11.6. The zero-order valence-corrected chi connectivity index (χ0v) is 10.6. The van der Waals surface area contributed by atoms with E-state index in [1.807, 2.05) is 6.07 Å². The van der Waals surface area contributed by atoms with Crippen LogP contribution in [0.4, 0.5) is 0 Å². The molecule has 0 saturated carbocycles. The number of allylic oxidation sites excluding steroid dienone is 1. The number of methoxy groups -OCH3 is 1. The molecule has 1 aromatic carbocycles. The Bertz CT molecular complexity index is 682. The highest BCUT2D eigenvalue weighted by molar-refractivity contribution is 6.41. The second kappa shape index (κ2) is 4.97. The molecule has 0 radical (unpaired) electrons. The number of carbonyl (C=O) groups is 2. The number of ketones is 1. The van der Waals surface area contributed by atoms with Crippen LogP contribution in [0.5, 0.6) is 5.75 Å². The average Bonchev–Trinajstić information content (AvgIpc) is 2.81. The maximum Gasteiger partial charge on any atom is 0.289 e. The lowest BCUT2D eigenvalue weighted by Crippen LogP contribution is -2.20. The molecule has 98 valence electrons. The molecule has 1 heterocycles. The molecule has 2 N–H and O–H groups in total. The maximum absolute atomic E-state index is 11.2.